The van der Waals surface area contributed by atoms with E-state index in [4.69, 9.17) is 5.73 Å². The fraction of sp³-hybridized carbons (Fsp3) is 0.909. The van der Waals surface area contributed by atoms with Gasteiger partial charge in [-0.25, -0.2) is 10.2 Å². The molecular formula is C22H37N3O3. The highest BCUT2D eigenvalue weighted by Crippen LogP contribution is 2.67. The van der Waals surface area contributed by atoms with E-state index in [9.17, 15) is 15.0 Å². The highest BCUT2D eigenvalue weighted by atomic mass is 16.3. The van der Waals surface area contributed by atoms with Crippen molar-refractivity contribution in [2.45, 2.75) is 84.3 Å². The number of urea groups is 1. The minimum atomic E-state index is -0.644. The van der Waals surface area contributed by atoms with Crippen molar-refractivity contribution in [3.63, 3.8) is 0 Å². The summed E-state index contributed by atoms with van der Waals surface area (Å²) in [5.74, 6) is 2.46. The number of hydrogen-bond acceptors (Lipinski definition) is 4. The Balaban J connectivity index is 1.61. The second-order valence-corrected chi connectivity index (χ2v) is 10.6. The summed E-state index contributed by atoms with van der Waals surface area (Å²) >= 11 is 0. The molecule has 4 saturated carbocycles. The predicted octanol–water partition coefficient (Wildman–Crippen LogP) is 3.02. The van der Waals surface area contributed by atoms with Crippen LogP contribution < -0.4 is 11.2 Å². The molecule has 0 aromatic heterocycles. The van der Waals surface area contributed by atoms with Crippen molar-refractivity contribution in [2.24, 2.45) is 51.3 Å². The molecule has 0 aliphatic heterocycles. The highest BCUT2D eigenvalue weighted by Gasteiger charge is 2.63. The number of carbonyl (C=O) groups is 1. The van der Waals surface area contributed by atoms with Crippen molar-refractivity contribution >= 4 is 11.7 Å². The standard InChI is InChI=1S/C22H37N3O3/c1-12(24-25-20(23)28)16-6-7-17-15-5-4-13-10-14(26)8-9-21(13,2)18(15)11-19(27)22(16,17)3/h13-19,26-27H,4-11H2,1-3H3,(H3,23,25,28)/b24-12+/t13-,14+,15+,16-,17+,18+,19-,21+,22-/m1/s1. The average Bonchev–Trinajstić information content (AvgIpc) is 3.00. The number of rotatable bonds is 2. The van der Waals surface area contributed by atoms with E-state index in [1.807, 2.05) is 6.92 Å². The summed E-state index contributed by atoms with van der Waals surface area (Å²) in [6, 6.07) is -0.644. The van der Waals surface area contributed by atoms with Gasteiger partial charge in [-0.3, -0.25) is 0 Å². The van der Waals surface area contributed by atoms with Crippen LogP contribution in [0.3, 0.4) is 0 Å². The molecule has 5 N–H and O–H groups in total. The van der Waals surface area contributed by atoms with Crippen LogP contribution in [-0.2, 0) is 0 Å². The fourth-order valence-electron chi connectivity index (χ4n) is 8.10. The van der Waals surface area contributed by atoms with Crippen molar-refractivity contribution in [3.05, 3.63) is 0 Å². The summed E-state index contributed by atoms with van der Waals surface area (Å²) in [5, 5.41) is 25.8. The van der Waals surface area contributed by atoms with E-state index >= 15 is 0 Å². The Hall–Kier alpha value is -1.14. The molecule has 0 saturated heterocycles. The van der Waals surface area contributed by atoms with Gasteiger partial charge < -0.3 is 15.9 Å². The van der Waals surface area contributed by atoms with E-state index in [-0.39, 0.29) is 29.0 Å². The number of nitrogens with one attached hydrogen (secondary N) is 1. The lowest BCUT2D eigenvalue weighted by Crippen LogP contribution is -2.59. The number of aliphatic hydroxyl groups excluding tert-OH is 2. The smallest absolute Gasteiger partial charge is 0.332 e. The minimum absolute atomic E-state index is 0.138. The first-order valence-corrected chi connectivity index (χ1v) is 11.1. The van der Waals surface area contributed by atoms with Crippen molar-refractivity contribution in [2.75, 3.05) is 0 Å². The molecule has 0 aromatic carbocycles. The fourth-order valence-corrected chi connectivity index (χ4v) is 8.10. The molecule has 4 fully saturated rings. The molecule has 6 heteroatoms. The van der Waals surface area contributed by atoms with E-state index in [2.05, 4.69) is 24.4 Å². The zero-order chi connectivity index (χ0) is 20.3. The van der Waals surface area contributed by atoms with E-state index in [0.29, 0.717) is 23.7 Å². The lowest BCUT2D eigenvalue weighted by Gasteiger charge is -2.62. The molecule has 0 radical (unpaired) electrons. The second-order valence-electron chi connectivity index (χ2n) is 10.6. The number of fused-ring (bicyclic) bond motifs is 5. The number of aliphatic hydroxyl groups is 2. The van der Waals surface area contributed by atoms with Gasteiger partial charge >= 0.3 is 6.03 Å². The number of amides is 2. The first-order valence-electron chi connectivity index (χ1n) is 11.1. The van der Waals surface area contributed by atoms with Crippen LogP contribution in [0.4, 0.5) is 4.79 Å². The molecule has 0 bridgehead atoms. The molecule has 4 rings (SSSR count). The van der Waals surface area contributed by atoms with E-state index in [0.717, 1.165) is 44.2 Å². The van der Waals surface area contributed by atoms with Crippen LogP contribution in [0.2, 0.25) is 0 Å². The summed E-state index contributed by atoms with van der Waals surface area (Å²) < 4.78 is 0. The maximum absolute atomic E-state index is 11.4. The van der Waals surface area contributed by atoms with Gasteiger partial charge in [-0.1, -0.05) is 13.8 Å². The first kappa shape index (κ1) is 20.1. The maximum atomic E-state index is 11.4. The van der Waals surface area contributed by atoms with Crippen LogP contribution in [-0.4, -0.2) is 34.2 Å². The third-order valence-corrected chi connectivity index (χ3v) is 9.59. The highest BCUT2D eigenvalue weighted by molar-refractivity contribution is 5.86. The Morgan fingerprint density at radius 1 is 1.07 bits per heavy atom. The van der Waals surface area contributed by atoms with Gasteiger partial charge in [0.1, 0.15) is 0 Å². The molecule has 9 atom stereocenters. The SMILES string of the molecule is C/C(=N\NC(N)=O)[C@H]1CC[C@H]2[C@@H]3CC[C@@H]4C[C@@H](O)CC[C@]4(C)[C@H]3C[C@@H](O)[C@]12C. The normalized spacial score (nSPS) is 51.0. The maximum Gasteiger partial charge on any atom is 0.332 e. The van der Waals surface area contributed by atoms with Gasteiger partial charge in [0, 0.05) is 17.0 Å². The monoisotopic (exact) mass is 391 g/mol. The summed E-state index contributed by atoms with van der Waals surface area (Å²) in [6.07, 6.45) is 7.84. The number of carbonyl (C=O) groups excluding carboxylic acids is 1. The van der Waals surface area contributed by atoms with E-state index in [1.54, 1.807) is 0 Å². The Kier molecular flexibility index (Phi) is 5.02. The summed E-state index contributed by atoms with van der Waals surface area (Å²) in [4.78, 5) is 11.1. The van der Waals surface area contributed by atoms with Crippen LogP contribution in [0.15, 0.2) is 5.10 Å². The van der Waals surface area contributed by atoms with Gasteiger partial charge in [-0.2, -0.15) is 5.10 Å². The Labute approximate surface area is 168 Å². The second kappa shape index (κ2) is 6.98. The van der Waals surface area contributed by atoms with E-state index in [1.165, 1.54) is 12.8 Å². The molecule has 0 heterocycles. The van der Waals surface area contributed by atoms with Gasteiger partial charge in [0.25, 0.3) is 0 Å². The molecule has 0 aromatic rings. The Morgan fingerprint density at radius 3 is 2.54 bits per heavy atom. The largest absolute Gasteiger partial charge is 0.393 e. The minimum Gasteiger partial charge on any atom is -0.393 e. The number of hydrogen-bond donors (Lipinski definition) is 4. The molecule has 2 amide bonds. The first-order chi connectivity index (χ1) is 13.2. The van der Waals surface area contributed by atoms with Crippen LogP contribution >= 0.6 is 0 Å². The molecule has 158 valence electrons. The Morgan fingerprint density at radius 2 is 1.82 bits per heavy atom. The number of primary amides is 1. The molecule has 4 aliphatic rings. The van der Waals surface area contributed by atoms with Crippen LogP contribution in [0.5, 0.6) is 0 Å². The molecule has 28 heavy (non-hydrogen) atoms. The van der Waals surface area contributed by atoms with E-state index < -0.39 is 6.03 Å². The lowest BCUT2D eigenvalue weighted by atomic mass is 9.44. The molecular weight excluding hydrogens is 354 g/mol. The summed E-state index contributed by atoms with van der Waals surface area (Å²) in [5.41, 5.74) is 8.49. The molecule has 6 nitrogen and oxygen atoms in total. The van der Waals surface area contributed by atoms with Crippen LogP contribution in [0.1, 0.15) is 72.1 Å². The van der Waals surface area contributed by atoms with Gasteiger partial charge in [-0.15, -0.1) is 0 Å². The van der Waals surface area contributed by atoms with Gasteiger partial charge in [0.05, 0.1) is 12.2 Å². The predicted molar refractivity (Wildman–Crippen MR) is 108 cm³/mol. The third-order valence-electron chi connectivity index (χ3n) is 9.59. The molecule has 0 unspecified atom stereocenters. The average molecular weight is 392 g/mol. The van der Waals surface area contributed by atoms with Crippen molar-refractivity contribution < 1.29 is 15.0 Å². The van der Waals surface area contributed by atoms with Crippen molar-refractivity contribution in [1.82, 2.24) is 5.43 Å². The zero-order valence-electron chi connectivity index (χ0n) is 17.5. The Bertz CT molecular complexity index is 667. The molecule has 4 aliphatic carbocycles. The van der Waals surface area contributed by atoms with Gasteiger partial charge in [-0.05, 0) is 87.4 Å². The van der Waals surface area contributed by atoms with Gasteiger partial charge in [0.2, 0.25) is 0 Å². The third kappa shape index (κ3) is 2.90. The topological polar surface area (TPSA) is 108 Å². The van der Waals surface area contributed by atoms with Gasteiger partial charge in [0.15, 0.2) is 0 Å². The van der Waals surface area contributed by atoms with Crippen LogP contribution in [0.25, 0.3) is 0 Å². The number of nitrogens with zero attached hydrogens (tertiary/aromatic N) is 1. The quantitative estimate of drug-likeness (QED) is 0.429. The number of nitrogens with two attached hydrogens (primary N) is 1. The summed E-state index contributed by atoms with van der Waals surface area (Å²) in [7, 11) is 0. The van der Waals surface area contributed by atoms with Crippen molar-refractivity contribution in [3.8, 4) is 0 Å². The number of hydrazone groups is 1. The lowest BCUT2D eigenvalue weighted by molar-refractivity contribution is -0.166. The summed E-state index contributed by atoms with van der Waals surface area (Å²) in [6.45, 7) is 6.64. The van der Waals surface area contributed by atoms with Crippen LogP contribution in [0, 0.1) is 40.4 Å². The zero-order valence-corrected chi connectivity index (χ0v) is 17.5. The molecule has 0 spiro atoms. The van der Waals surface area contributed by atoms with Crippen molar-refractivity contribution in [1.29, 1.82) is 0 Å².